The minimum absolute atomic E-state index is 0.110. The van der Waals surface area contributed by atoms with E-state index in [1.54, 1.807) is 0 Å². The molecule has 0 aliphatic rings. The number of nitrogens with zero attached hydrogens (tertiary/aromatic N) is 2. The predicted molar refractivity (Wildman–Crippen MR) is 69.9 cm³/mol. The molecular weight excluding hydrogens is 210 g/mol. The van der Waals surface area contributed by atoms with Crippen LogP contribution in [-0.4, -0.2) is 9.78 Å². The first-order chi connectivity index (χ1) is 7.99. The second-order valence-corrected chi connectivity index (χ2v) is 4.67. The number of rotatable bonds is 2. The highest BCUT2D eigenvalue weighted by Gasteiger charge is 2.15. The van der Waals surface area contributed by atoms with Crippen LogP contribution < -0.4 is 5.73 Å². The van der Waals surface area contributed by atoms with E-state index in [1.165, 1.54) is 16.7 Å². The first kappa shape index (κ1) is 11.9. The fourth-order valence-corrected chi connectivity index (χ4v) is 2.18. The largest absolute Gasteiger partial charge is 0.319 e. The standard InChI is InChI=1S/C14H19N3/c1-9-5-6-10(2)12(7-9)14(15)13-8-11(3)16-17(13)4/h5-8,14H,15H2,1-4H3. The summed E-state index contributed by atoms with van der Waals surface area (Å²) >= 11 is 0. The Balaban J connectivity index is 2.46. The van der Waals surface area contributed by atoms with Gasteiger partial charge in [-0.25, -0.2) is 0 Å². The summed E-state index contributed by atoms with van der Waals surface area (Å²) in [5.41, 5.74) is 12.0. The van der Waals surface area contributed by atoms with Crippen LogP contribution in [0.25, 0.3) is 0 Å². The van der Waals surface area contributed by atoms with Crippen molar-refractivity contribution in [1.82, 2.24) is 9.78 Å². The molecular formula is C14H19N3. The Bertz CT molecular complexity index is 540. The number of aryl methyl sites for hydroxylation is 4. The molecule has 90 valence electrons. The van der Waals surface area contributed by atoms with E-state index in [0.717, 1.165) is 11.4 Å². The second-order valence-electron chi connectivity index (χ2n) is 4.67. The van der Waals surface area contributed by atoms with Gasteiger partial charge in [-0.05, 0) is 38.0 Å². The van der Waals surface area contributed by atoms with E-state index in [-0.39, 0.29) is 6.04 Å². The lowest BCUT2D eigenvalue weighted by molar-refractivity contribution is 0.667. The van der Waals surface area contributed by atoms with Crippen LogP contribution in [-0.2, 0) is 7.05 Å². The highest BCUT2D eigenvalue weighted by atomic mass is 15.3. The van der Waals surface area contributed by atoms with Crippen LogP contribution in [0.2, 0.25) is 0 Å². The van der Waals surface area contributed by atoms with E-state index >= 15 is 0 Å². The molecule has 3 heteroatoms. The van der Waals surface area contributed by atoms with Gasteiger partial charge in [0, 0.05) is 7.05 Å². The molecule has 0 fully saturated rings. The molecule has 0 saturated heterocycles. The molecule has 0 spiro atoms. The molecule has 2 rings (SSSR count). The van der Waals surface area contributed by atoms with E-state index in [4.69, 9.17) is 5.73 Å². The molecule has 1 aromatic carbocycles. The molecule has 0 aliphatic heterocycles. The molecule has 0 bridgehead atoms. The zero-order valence-electron chi connectivity index (χ0n) is 10.9. The Kier molecular flexibility index (Phi) is 3.03. The smallest absolute Gasteiger partial charge is 0.0725 e. The number of hydrogen-bond acceptors (Lipinski definition) is 2. The van der Waals surface area contributed by atoms with Crippen LogP contribution in [0.5, 0.6) is 0 Å². The van der Waals surface area contributed by atoms with Crippen LogP contribution in [0, 0.1) is 20.8 Å². The highest BCUT2D eigenvalue weighted by molar-refractivity contribution is 5.37. The Labute approximate surface area is 102 Å². The van der Waals surface area contributed by atoms with Crippen molar-refractivity contribution in [2.75, 3.05) is 0 Å². The third kappa shape index (κ3) is 2.24. The van der Waals surface area contributed by atoms with Gasteiger partial charge in [-0.1, -0.05) is 23.8 Å². The summed E-state index contributed by atoms with van der Waals surface area (Å²) in [5.74, 6) is 0. The monoisotopic (exact) mass is 229 g/mol. The van der Waals surface area contributed by atoms with Crippen molar-refractivity contribution >= 4 is 0 Å². The third-order valence-corrected chi connectivity index (χ3v) is 3.13. The van der Waals surface area contributed by atoms with Gasteiger partial charge in [0.1, 0.15) is 0 Å². The van der Waals surface area contributed by atoms with Crippen molar-refractivity contribution in [1.29, 1.82) is 0 Å². The Hall–Kier alpha value is -1.61. The Morgan fingerprint density at radius 1 is 1.18 bits per heavy atom. The van der Waals surface area contributed by atoms with Gasteiger partial charge in [0.25, 0.3) is 0 Å². The minimum atomic E-state index is -0.110. The predicted octanol–water partition coefficient (Wildman–Crippen LogP) is 2.39. The van der Waals surface area contributed by atoms with Crippen LogP contribution in [0.4, 0.5) is 0 Å². The second kappa shape index (κ2) is 4.34. The summed E-state index contributed by atoms with van der Waals surface area (Å²) in [4.78, 5) is 0. The molecule has 1 heterocycles. The fourth-order valence-electron chi connectivity index (χ4n) is 2.18. The molecule has 0 amide bonds. The Morgan fingerprint density at radius 3 is 2.47 bits per heavy atom. The first-order valence-electron chi connectivity index (χ1n) is 5.82. The number of benzene rings is 1. The summed E-state index contributed by atoms with van der Waals surface area (Å²) in [7, 11) is 1.94. The maximum absolute atomic E-state index is 6.34. The van der Waals surface area contributed by atoms with E-state index in [0.29, 0.717) is 0 Å². The van der Waals surface area contributed by atoms with E-state index < -0.39 is 0 Å². The van der Waals surface area contributed by atoms with Gasteiger partial charge in [-0.2, -0.15) is 5.10 Å². The summed E-state index contributed by atoms with van der Waals surface area (Å²) in [6.45, 7) is 6.17. The van der Waals surface area contributed by atoms with Gasteiger partial charge < -0.3 is 5.73 Å². The zero-order valence-corrected chi connectivity index (χ0v) is 10.9. The van der Waals surface area contributed by atoms with Gasteiger partial charge in [-0.3, -0.25) is 4.68 Å². The zero-order chi connectivity index (χ0) is 12.6. The summed E-state index contributed by atoms with van der Waals surface area (Å²) in [5, 5.41) is 4.35. The molecule has 3 nitrogen and oxygen atoms in total. The molecule has 0 radical (unpaired) electrons. The van der Waals surface area contributed by atoms with E-state index in [2.05, 4.69) is 37.1 Å². The third-order valence-electron chi connectivity index (χ3n) is 3.13. The normalized spacial score (nSPS) is 12.8. The van der Waals surface area contributed by atoms with Gasteiger partial charge in [0.2, 0.25) is 0 Å². The summed E-state index contributed by atoms with van der Waals surface area (Å²) in [6, 6.07) is 8.32. The van der Waals surface area contributed by atoms with Crippen molar-refractivity contribution in [3.63, 3.8) is 0 Å². The van der Waals surface area contributed by atoms with E-state index in [9.17, 15) is 0 Å². The number of hydrogen-bond donors (Lipinski definition) is 1. The Morgan fingerprint density at radius 2 is 1.88 bits per heavy atom. The van der Waals surface area contributed by atoms with Crippen LogP contribution in [0.3, 0.4) is 0 Å². The fraction of sp³-hybridized carbons (Fsp3) is 0.357. The van der Waals surface area contributed by atoms with Crippen molar-refractivity contribution in [2.45, 2.75) is 26.8 Å². The molecule has 1 unspecified atom stereocenters. The van der Waals surface area contributed by atoms with Crippen molar-refractivity contribution < 1.29 is 0 Å². The molecule has 2 aromatic rings. The first-order valence-corrected chi connectivity index (χ1v) is 5.82. The van der Waals surface area contributed by atoms with Crippen LogP contribution in [0.15, 0.2) is 24.3 Å². The van der Waals surface area contributed by atoms with Gasteiger partial charge in [0.15, 0.2) is 0 Å². The van der Waals surface area contributed by atoms with Gasteiger partial charge in [-0.15, -0.1) is 0 Å². The molecule has 1 aromatic heterocycles. The number of nitrogens with two attached hydrogens (primary N) is 1. The molecule has 0 aliphatic carbocycles. The van der Waals surface area contributed by atoms with Gasteiger partial charge in [0.05, 0.1) is 17.4 Å². The summed E-state index contributed by atoms with van der Waals surface area (Å²) in [6.07, 6.45) is 0. The molecule has 1 atom stereocenters. The maximum Gasteiger partial charge on any atom is 0.0725 e. The quantitative estimate of drug-likeness (QED) is 0.859. The van der Waals surface area contributed by atoms with Crippen LogP contribution >= 0.6 is 0 Å². The van der Waals surface area contributed by atoms with Crippen molar-refractivity contribution in [3.05, 3.63) is 52.3 Å². The lowest BCUT2D eigenvalue weighted by atomic mass is 9.97. The average Bonchev–Trinajstić information content (AvgIpc) is 2.60. The lowest BCUT2D eigenvalue weighted by Gasteiger charge is -2.15. The lowest BCUT2D eigenvalue weighted by Crippen LogP contribution is -2.17. The highest BCUT2D eigenvalue weighted by Crippen LogP contribution is 2.23. The molecule has 2 N–H and O–H groups in total. The molecule has 17 heavy (non-hydrogen) atoms. The SMILES string of the molecule is Cc1ccc(C)c(C(N)c2cc(C)nn2C)c1. The van der Waals surface area contributed by atoms with E-state index in [1.807, 2.05) is 24.7 Å². The minimum Gasteiger partial charge on any atom is -0.319 e. The van der Waals surface area contributed by atoms with Gasteiger partial charge >= 0.3 is 0 Å². The molecule has 0 saturated carbocycles. The van der Waals surface area contributed by atoms with Crippen molar-refractivity contribution in [3.8, 4) is 0 Å². The maximum atomic E-state index is 6.34. The summed E-state index contributed by atoms with van der Waals surface area (Å²) < 4.78 is 1.86. The number of aromatic nitrogens is 2. The van der Waals surface area contributed by atoms with Crippen LogP contribution in [0.1, 0.15) is 34.1 Å². The average molecular weight is 229 g/mol. The van der Waals surface area contributed by atoms with Crippen molar-refractivity contribution in [2.24, 2.45) is 12.8 Å². The topological polar surface area (TPSA) is 43.8 Å².